The molecule has 316 valence electrons. The summed E-state index contributed by atoms with van der Waals surface area (Å²) in [6.45, 7) is 4.69. The second kappa shape index (κ2) is 14.2. The van der Waals surface area contributed by atoms with Gasteiger partial charge in [0.2, 0.25) is 5.95 Å². The monoisotopic (exact) mass is 875 g/mol. The molecule has 14 rings (SSSR count). The maximum absolute atomic E-state index is 5.54. The third-order valence-corrected chi connectivity index (χ3v) is 15.6. The molecule has 4 aliphatic rings. The van der Waals surface area contributed by atoms with E-state index in [4.69, 9.17) is 15.0 Å². The van der Waals surface area contributed by atoms with Crippen molar-refractivity contribution in [3.63, 3.8) is 0 Å². The molecule has 0 saturated heterocycles. The fourth-order valence-corrected chi connectivity index (χ4v) is 12.6. The van der Waals surface area contributed by atoms with Crippen LogP contribution in [0.5, 0.6) is 0 Å². The number of hydrogen-bond donors (Lipinski definition) is 0. The van der Waals surface area contributed by atoms with Crippen LogP contribution >= 0.6 is 11.8 Å². The molecule has 0 bridgehead atoms. The predicted molar refractivity (Wildman–Crippen MR) is 273 cm³/mol. The van der Waals surface area contributed by atoms with Gasteiger partial charge in [-0.1, -0.05) is 189 Å². The highest BCUT2D eigenvalue weighted by molar-refractivity contribution is 7.99. The molecule has 0 atom stereocenters. The van der Waals surface area contributed by atoms with Gasteiger partial charge in [0.05, 0.1) is 28.2 Å². The lowest BCUT2D eigenvalue weighted by Gasteiger charge is -2.43. The Morgan fingerprint density at radius 1 is 0.358 bits per heavy atom. The molecule has 2 aliphatic heterocycles. The van der Waals surface area contributed by atoms with Crippen LogP contribution in [0.2, 0.25) is 0 Å². The van der Waals surface area contributed by atoms with E-state index in [0.717, 1.165) is 33.9 Å². The minimum absolute atomic E-state index is 0.347. The molecule has 1 aromatic heterocycles. The van der Waals surface area contributed by atoms with Crippen molar-refractivity contribution in [1.82, 2.24) is 15.0 Å². The number of aromatic nitrogens is 3. The summed E-state index contributed by atoms with van der Waals surface area (Å²) < 4.78 is 0. The fraction of sp³-hybridized carbons (Fsp3) is 0.0656. The van der Waals surface area contributed by atoms with E-state index in [2.05, 4.69) is 230 Å². The van der Waals surface area contributed by atoms with Gasteiger partial charge in [-0.25, -0.2) is 4.98 Å². The largest absolute Gasteiger partial charge is 0.308 e. The van der Waals surface area contributed by atoms with Crippen molar-refractivity contribution < 1.29 is 0 Å². The zero-order valence-corrected chi connectivity index (χ0v) is 37.7. The van der Waals surface area contributed by atoms with Crippen LogP contribution in [0.25, 0.3) is 45.0 Å². The first kappa shape index (κ1) is 38.2. The van der Waals surface area contributed by atoms with E-state index >= 15 is 0 Å². The number of para-hydroxylation sites is 3. The van der Waals surface area contributed by atoms with Crippen LogP contribution in [0.4, 0.5) is 34.4 Å². The SMILES string of the molecule is CC1(C)c2ccccc2N(c2nc(-c3ccccc3)nc(-c3ccc4c(c3)-c3ccccc3C43c4ccccc4-c4ccccc43)n2)c2cc3c(cc21)N(c1ccccc1)c1ccccc1S3. The topological polar surface area (TPSA) is 45.2 Å². The molecular weight excluding hydrogens is 835 g/mol. The summed E-state index contributed by atoms with van der Waals surface area (Å²) in [7, 11) is 0. The Labute approximate surface area is 394 Å². The lowest BCUT2D eigenvalue weighted by molar-refractivity contribution is 0.630. The summed E-state index contributed by atoms with van der Waals surface area (Å²) in [5.74, 6) is 1.82. The number of benzene rings is 9. The molecule has 5 nitrogen and oxygen atoms in total. The Kier molecular flexibility index (Phi) is 8.11. The Morgan fingerprint density at radius 2 is 0.896 bits per heavy atom. The van der Waals surface area contributed by atoms with Gasteiger partial charge in [-0.15, -0.1) is 0 Å². The minimum Gasteiger partial charge on any atom is -0.308 e. The van der Waals surface area contributed by atoms with E-state index in [1.54, 1.807) is 0 Å². The summed E-state index contributed by atoms with van der Waals surface area (Å²) in [5.41, 5.74) is 19.3. The van der Waals surface area contributed by atoms with E-state index in [-0.39, 0.29) is 5.41 Å². The maximum atomic E-state index is 5.54. The minimum atomic E-state index is -0.432. The van der Waals surface area contributed by atoms with Crippen LogP contribution in [0, 0.1) is 0 Å². The molecule has 9 aromatic carbocycles. The number of hydrogen-bond acceptors (Lipinski definition) is 6. The molecule has 1 spiro atoms. The standard InChI is InChI=1S/C61H41N5S/c1-60(2)49-29-15-16-30-51(49)66(53-37-56-54(36-50(53)60)65(40-21-7-4-8-22-40)52-31-17-18-32-55(52)67-56)59-63-57(38-19-5-3-6-20-38)62-58(64-59)39-33-34-48-44(35-39)43-25-11-14-28-47(43)61(48)45-26-12-9-23-41(45)42-24-10-13-27-46(42)61/h3-37H,1-2H3. The van der Waals surface area contributed by atoms with Crippen LogP contribution in [0.3, 0.4) is 0 Å². The molecule has 10 aromatic rings. The van der Waals surface area contributed by atoms with Gasteiger partial charge in [0.1, 0.15) is 0 Å². The number of anilines is 6. The van der Waals surface area contributed by atoms with Gasteiger partial charge in [-0.2, -0.15) is 9.97 Å². The molecule has 6 heteroatoms. The summed E-state index contributed by atoms with van der Waals surface area (Å²) in [6.07, 6.45) is 0. The lowest BCUT2D eigenvalue weighted by atomic mass is 9.70. The van der Waals surface area contributed by atoms with Gasteiger partial charge < -0.3 is 4.90 Å². The second-order valence-corrected chi connectivity index (χ2v) is 19.4. The number of nitrogens with zero attached hydrogens (tertiary/aromatic N) is 5. The molecule has 0 N–H and O–H groups in total. The zero-order valence-electron chi connectivity index (χ0n) is 36.9. The van der Waals surface area contributed by atoms with Crippen molar-refractivity contribution >= 4 is 46.1 Å². The molecule has 2 aliphatic carbocycles. The van der Waals surface area contributed by atoms with Gasteiger partial charge in [0, 0.05) is 32.0 Å². The van der Waals surface area contributed by atoms with Crippen molar-refractivity contribution in [2.45, 2.75) is 34.5 Å². The van der Waals surface area contributed by atoms with Crippen LogP contribution in [0.1, 0.15) is 47.2 Å². The van der Waals surface area contributed by atoms with Crippen molar-refractivity contribution in [3.05, 3.63) is 246 Å². The maximum Gasteiger partial charge on any atom is 0.238 e. The average molecular weight is 876 g/mol. The lowest BCUT2D eigenvalue weighted by Crippen LogP contribution is -2.32. The Morgan fingerprint density at radius 3 is 1.58 bits per heavy atom. The number of fused-ring (bicyclic) bond motifs is 14. The highest BCUT2D eigenvalue weighted by Crippen LogP contribution is 2.63. The summed E-state index contributed by atoms with van der Waals surface area (Å²) >= 11 is 1.82. The quantitative estimate of drug-likeness (QED) is 0.176. The molecule has 0 saturated carbocycles. The fourth-order valence-electron chi connectivity index (χ4n) is 11.6. The highest BCUT2D eigenvalue weighted by atomic mass is 32.2. The van der Waals surface area contributed by atoms with E-state index < -0.39 is 5.41 Å². The zero-order chi connectivity index (χ0) is 44.4. The van der Waals surface area contributed by atoms with E-state index in [9.17, 15) is 0 Å². The van der Waals surface area contributed by atoms with Crippen molar-refractivity contribution in [2.75, 3.05) is 9.80 Å². The molecular formula is C61H41N5S. The summed E-state index contributed by atoms with van der Waals surface area (Å²) in [6, 6.07) is 77.0. The van der Waals surface area contributed by atoms with Crippen molar-refractivity contribution in [1.29, 1.82) is 0 Å². The number of rotatable bonds is 4. The first-order chi connectivity index (χ1) is 33.0. The van der Waals surface area contributed by atoms with E-state index in [0.29, 0.717) is 17.6 Å². The summed E-state index contributed by atoms with van der Waals surface area (Å²) in [4.78, 5) is 23.4. The van der Waals surface area contributed by atoms with Gasteiger partial charge >= 0.3 is 0 Å². The molecule has 67 heavy (non-hydrogen) atoms. The Hall–Kier alpha value is -8.06. The Bertz CT molecular complexity index is 3630. The predicted octanol–water partition coefficient (Wildman–Crippen LogP) is 15.6. The van der Waals surface area contributed by atoms with Crippen LogP contribution in [0.15, 0.2) is 222 Å². The van der Waals surface area contributed by atoms with Gasteiger partial charge in [0.25, 0.3) is 0 Å². The van der Waals surface area contributed by atoms with Gasteiger partial charge in [0.15, 0.2) is 11.6 Å². The van der Waals surface area contributed by atoms with Crippen molar-refractivity contribution in [2.24, 2.45) is 0 Å². The summed E-state index contributed by atoms with van der Waals surface area (Å²) in [5, 5.41) is 0. The third-order valence-electron chi connectivity index (χ3n) is 14.5. The van der Waals surface area contributed by atoms with Gasteiger partial charge in [-0.05, 0) is 104 Å². The van der Waals surface area contributed by atoms with Crippen LogP contribution in [-0.2, 0) is 10.8 Å². The molecule has 0 unspecified atom stereocenters. The van der Waals surface area contributed by atoms with Crippen molar-refractivity contribution in [3.8, 4) is 45.0 Å². The van der Waals surface area contributed by atoms with E-state index in [1.807, 2.05) is 17.8 Å². The van der Waals surface area contributed by atoms with Crippen LogP contribution in [-0.4, -0.2) is 15.0 Å². The molecule has 0 amide bonds. The molecule has 0 fully saturated rings. The van der Waals surface area contributed by atoms with Crippen LogP contribution < -0.4 is 9.80 Å². The Balaban J connectivity index is 0.991. The third kappa shape index (κ3) is 5.36. The first-order valence-electron chi connectivity index (χ1n) is 22.9. The molecule has 3 heterocycles. The smallest absolute Gasteiger partial charge is 0.238 e. The van der Waals surface area contributed by atoms with Gasteiger partial charge in [-0.3, -0.25) is 4.90 Å². The first-order valence-corrected chi connectivity index (χ1v) is 23.8. The normalized spacial score (nSPS) is 14.8. The average Bonchev–Trinajstić information content (AvgIpc) is 3.85. The highest BCUT2D eigenvalue weighted by Gasteiger charge is 2.51. The second-order valence-electron chi connectivity index (χ2n) is 18.4. The molecule has 0 radical (unpaired) electrons. The van der Waals surface area contributed by atoms with E-state index in [1.165, 1.54) is 71.1 Å².